The molecule has 0 aromatic heterocycles. The van der Waals surface area contributed by atoms with Gasteiger partial charge in [-0.25, -0.2) is 0 Å². The number of rotatable bonds is 11. The van der Waals surface area contributed by atoms with Crippen molar-refractivity contribution < 1.29 is 9.59 Å². The molecule has 2 aromatic rings. The number of piperidine rings is 1. The molecule has 1 saturated carbocycles. The number of nitrogens with zero attached hydrogens (tertiary/aromatic N) is 1. The third kappa shape index (κ3) is 6.05. The summed E-state index contributed by atoms with van der Waals surface area (Å²) in [5, 5.41) is 7.35. The van der Waals surface area contributed by atoms with Crippen LogP contribution in [0.15, 0.2) is 66.9 Å². The average molecular weight is 542 g/mol. The van der Waals surface area contributed by atoms with Crippen LogP contribution in [0.3, 0.4) is 0 Å². The van der Waals surface area contributed by atoms with Gasteiger partial charge < -0.3 is 15.5 Å². The quantitative estimate of drug-likeness (QED) is 0.231. The van der Waals surface area contributed by atoms with Crippen LogP contribution in [-0.4, -0.2) is 29.2 Å². The fraction of sp³-hybridized carbons (Fsp3) is 0.543. The number of Topliss-reactive ketones (excluding diaryl/α,β-unsaturated/α-hetero) is 2. The number of para-hydroxylation sites is 1. The highest BCUT2D eigenvalue weighted by atomic mass is 16.2. The van der Waals surface area contributed by atoms with E-state index in [1.807, 2.05) is 18.2 Å². The number of carbonyl (C=O) groups is 2. The molecule has 3 aliphatic rings. The predicted molar refractivity (Wildman–Crippen MR) is 163 cm³/mol. The van der Waals surface area contributed by atoms with Crippen molar-refractivity contribution in [3.8, 4) is 0 Å². The first-order chi connectivity index (χ1) is 19.5. The second-order valence-corrected chi connectivity index (χ2v) is 12.2. The first kappa shape index (κ1) is 28.6. The van der Waals surface area contributed by atoms with Crippen molar-refractivity contribution in [1.29, 1.82) is 0 Å². The van der Waals surface area contributed by atoms with E-state index >= 15 is 0 Å². The summed E-state index contributed by atoms with van der Waals surface area (Å²) in [5.41, 5.74) is 4.47. The highest BCUT2D eigenvalue weighted by Crippen LogP contribution is 2.50. The maximum absolute atomic E-state index is 13.6. The number of unbranched alkanes of at least 4 members (excludes halogenated alkanes) is 2. The number of likely N-dealkylation sites (tertiary alicyclic amines) is 1. The molecule has 6 atom stereocenters. The number of fused-ring (bicyclic) bond motifs is 1. The lowest BCUT2D eigenvalue weighted by Gasteiger charge is -2.37. The monoisotopic (exact) mass is 541 g/mol. The minimum absolute atomic E-state index is 0.0489. The smallest absolute Gasteiger partial charge is 0.147 e. The van der Waals surface area contributed by atoms with E-state index in [1.165, 1.54) is 43.2 Å². The highest BCUT2D eigenvalue weighted by Gasteiger charge is 2.56. The van der Waals surface area contributed by atoms with E-state index in [9.17, 15) is 9.59 Å². The third-order valence-electron chi connectivity index (χ3n) is 9.64. The lowest BCUT2D eigenvalue weighted by molar-refractivity contribution is -0.140. The lowest BCUT2D eigenvalue weighted by atomic mass is 9.64. The van der Waals surface area contributed by atoms with Gasteiger partial charge in [0.1, 0.15) is 17.7 Å². The topological polar surface area (TPSA) is 61.4 Å². The van der Waals surface area contributed by atoms with Gasteiger partial charge in [-0.1, -0.05) is 95.0 Å². The Hall–Kier alpha value is -2.92. The van der Waals surface area contributed by atoms with Crippen LogP contribution in [0.4, 0.5) is 5.69 Å². The second kappa shape index (κ2) is 13.2. The summed E-state index contributed by atoms with van der Waals surface area (Å²) < 4.78 is 0. The number of carbonyl (C=O) groups excluding carboxylic acids is 2. The molecule has 5 nitrogen and oxygen atoms in total. The Bertz CT molecular complexity index is 1150. The number of hydrogen-bond donors (Lipinski definition) is 2. The van der Waals surface area contributed by atoms with E-state index in [4.69, 9.17) is 0 Å². The zero-order valence-corrected chi connectivity index (χ0v) is 24.4. The van der Waals surface area contributed by atoms with Crippen LogP contribution in [0.2, 0.25) is 0 Å². The van der Waals surface area contributed by atoms with Crippen molar-refractivity contribution in [2.24, 2.45) is 23.7 Å². The van der Waals surface area contributed by atoms with Crippen molar-refractivity contribution in [3.63, 3.8) is 0 Å². The molecule has 0 amide bonds. The number of hydrogen-bond acceptors (Lipinski definition) is 5. The van der Waals surface area contributed by atoms with E-state index in [0.717, 1.165) is 37.2 Å². The minimum Gasteiger partial charge on any atom is -0.365 e. The number of nitrogens with one attached hydrogen (secondary N) is 2. The van der Waals surface area contributed by atoms with Gasteiger partial charge in [-0.15, -0.1) is 0 Å². The molecule has 0 bridgehead atoms. The summed E-state index contributed by atoms with van der Waals surface area (Å²) in [6.07, 6.45) is 9.01. The molecule has 3 fully saturated rings. The molecule has 5 rings (SSSR count). The Labute approximate surface area is 240 Å². The van der Waals surface area contributed by atoms with Gasteiger partial charge in [0.15, 0.2) is 0 Å². The van der Waals surface area contributed by atoms with Crippen LogP contribution in [0, 0.1) is 23.7 Å². The minimum atomic E-state index is -0.277. The van der Waals surface area contributed by atoms with Gasteiger partial charge in [-0.05, 0) is 55.0 Å². The first-order valence-corrected chi connectivity index (χ1v) is 15.7. The number of allylic oxidation sites excluding steroid dienone is 1. The van der Waals surface area contributed by atoms with Crippen molar-refractivity contribution in [2.75, 3.05) is 11.9 Å². The summed E-state index contributed by atoms with van der Waals surface area (Å²) in [5.74, 6) is -0.0858. The normalized spacial score (nSPS) is 27.5. The largest absolute Gasteiger partial charge is 0.365 e. The SMILES string of the molecule is C=C1C2C(C(CC)CCCCC)C(=O)CC(=O)C2C(Nc2ccccc2)N1Cc1ccc(C2CCCCN2)cc1. The summed E-state index contributed by atoms with van der Waals surface area (Å²) in [6, 6.07) is 19.5. The molecule has 2 aliphatic heterocycles. The van der Waals surface area contributed by atoms with Crippen molar-refractivity contribution in [3.05, 3.63) is 78.0 Å². The molecule has 40 heavy (non-hydrogen) atoms. The average Bonchev–Trinajstić information content (AvgIpc) is 3.24. The van der Waals surface area contributed by atoms with Crippen LogP contribution >= 0.6 is 0 Å². The standard InChI is InChI=1S/C35H47N3O2/c1-4-6-8-13-26(5-2)33-30(39)22-31(40)34-32(33)24(3)38(35(34)37-28-14-9-7-10-15-28)23-25-17-19-27(20-18-25)29-16-11-12-21-36-29/h7,9-10,14-15,17-20,26,29,32-37H,3-6,8,11-13,16,21-23H2,1-2H3. The molecular formula is C35H47N3O2. The van der Waals surface area contributed by atoms with E-state index in [2.05, 4.69) is 72.4 Å². The Balaban J connectivity index is 1.44. The van der Waals surface area contributed by atoms with E-state index in [1.54, 1.807) is 0 Å². The van der Waals surface area contributed by atoms with Gasteiger partial charge in [0.25, 0.3) is 0 Å². The molecule has 0 spiro atoms. The van der Waals surface area contributed by atoms with E-state index in [-0.39, 0.29) is 47.8 Å². The predicted octanol–water partition coefficient (Wildman–Crippen LogP) is 7.27. The summed E-state index contributed by atoms with van der Waals surface area (Å²) >= 11 is 0. The highest BCUT2D eigenvalue weighted by molar-refractivity contribution is 6.05. The fourth-order valence-corrected chi connectivity index (χ4v) is 7.49. The van der Waals surface area contributed by atoms with Gasteiger partial charge >= 0.3 is 0 Å². The zero-order chi connectivity index (χ0) is 28.1. The molecule has 0 radical (unpaired) electrons. The Morgan fingerprint density at radius 3 is 2.42 bits per heavy atom. The second-order valence-electron chi connectivity index (χ2n) is 12.2. The lowest BCUT2D eigenvalue weighted by Crippen LogP contribution is -2.47. The number of benzene rings is 2. The molecular weight excluding hydrogens is 494 g/mol. The molecule has 2 saturated heterocycles. The van der Waals surface area contributed by atoms with Crippen LogP contribution in [0.5, 0.6) is 0 Å². The van der Waals surface area contributed by atoms with Crippen molar-refractivity contribution >= 4 is 17.3 Å². The van der Waals surface area contributed by atoms with Gasteiger partial charge in [-0.2, -0.15) is 0 Å². The van der Waals surface area contributed by atoms with Crippen LogP contribution in [0.1, 0.15) is 88.8 Å². The fourth-order valence-electron chi connectivity index (χ4n) is 7.49. The molecule has 2 aromatic carbocycles. The van der Waals surface area contributed by atoms with Gasteiger partial charge in [-0.3, -0.25) is 9.59 Å². The van der Waals surface area contributed by atoms with Gasteiger partial charge in [0.2, 0.25) is 0 Å². The zero-order valence-electron chi connectivity index (χ0n) is 24.4. The van der Waals surface area contributed by atoms with Gasteiger partial charge in [0.05, 0.1) is 12.3 Å². The number of anilines is 1. The Morgan fingerprint density at radius 1 is 0.975 bits per heavy atom. The van der Waals surface area contributed by atoms with Crippen LogP contribution in [-0.2, 0) is 16.1 Å². The summed E-state index contributed by atoms with van der Waals surface area (Å²) in [6.45, 7) is 10.8. The first-order valence-electron chi connectivity index (χ1n) is 15.7. The molecule has 214 valence electrons. The van der Waals surface area contributed by atoms with Crippen molar-refractivity contribution in [2.45, 2.75) is 90.4 Å². The van der Waals surface area contributed by atoms with E-state index in [0.29, 0.717) is 12.6 Å². The maximum Gasteiger partial charge on any atom is 0.147 e. The molecule has 6 unspecified atom stereocenters. The summed E-state index contributed by atoms with van der Waals surface area (Å²) in [7, 11) is 0. The number of ketones is 2. The maximum atomic E-state index is 13.6. The molecule has 2 N–H and O–H groups in total. The third-order valence-corrected chi connectivity index (χ3v) is 9.64. The van der Waals surface area contributed by atoms with Crippen molar-refractivity contribution in [1.82, 2.24) is 10.2 Å². The molecule has 1 aliphatic carbocycles. The van der Waals surface area contributed by atoms with Crippen LogP contribution < -0.4 is 10.6 Å². The molecule has 5 heteroatoms. The Morgan fingerprint density at radius 2 is 1.75 bits per heavy atom. The van der Waals surface area contributed by atoms with Crippen LogP contribution in [0.25, 0.3) is 0 Å². The Kier molecular flexibility index (Phi) is 9.41. The molecule has 2 heterocycles. The van der Waals surface area contributed by atoms with Gasteiger partial charge in [0, 0.05) is 35.8 Å². The van der Waals surface area contributed by atoms with E-state index < -0.39 is 0 Å². The summed E-state index contributed by atoms with van der Waals surface area (Å²) in [4.78, 5) is 29.5.